The highest BCUT2D eigenvalue weighted by Gasteiger charge is 2.18. The maximum atomic E-state index is 13.8. The van der Waals surface area contributed by atoms with E-state index in [1.807, 2.05) is 13.8 Å². The number of aliphatic carboxylic acids is 1. The van der Waals surface area contributed by atoms with Crippen molar-refractivity contribution in [3.63, 3.8) is 0 Å². The number of carboxylic acids is 1. The Labute approximate surface area is 151 Å². The summed E-state index contributed by atoms with van der Waals surface area (Å²) in [6.07, 6.45) is 1.78. The summed E-state index contributed by atoms with van der Waals surface area (Å²) in [4.78, 5) is 28.8. The number of aryl methyl sites for hydroxylation is 1. The number of nitrogens with zero attached hydrogens (tertiary/aromatic N) is 2. The molecule has 0 atom stereocenters. The fourth-order valence-corrected chi connectivity index (χ4v) is 2.57. The Morgan fingerprint density at radius 2 is 2.00 bits per heavy atom. The van der Waals surface area contributed by atoms with Gasteiger partial charge in [0, 0.05) is 25.9 Å². The summed E-state index contributed by atoms with van der Waals surface area (Å²) < 4.78 is 19.3. The number of rotatable bonds is 9. The third-order valence-electron chi connectivity index (χ3n) is 3.78. The molecule has 0 aliphatic heterocycles. The highest BCUT2D eigenvalue weighted by Crippen LogP contribution is 2.23. The lowest BCUT2D eigenvalue weighted by molar-refractivity contribution is -0.138. The summed E-state index contributed by atoms with van der Waals surface area (Å²) in [5.74, 6) is -0.584. The fraction of sp³-hybridized carbons (Fsp3) is 0.421. The standard InChI is InChI=1S/C19H23FN2O4/c1-13(2)12-22(10-9-19(24)25)18(23)8-7-17-21-11-16(26-17)14-5-3-4-6-15(14)20/h3-6,11,13H,7-10,12H2,1-2H3,(H,24,25). The molecule has 7 heteroatoms. The van der Waals surface area contributed by atoms with Gasteiger partial charge in [-0.15, -0.1) is 0 Å². The van der Waals surface area contributed by atoms with Gasteiger partial charge in [0.15, 0.2) is 11.7 Å². The van der Waals surface area contributed by atoms with Crippen molar-refractivity contribution in [1.82, 2.24) is 9.88 Å². The second-order valence-corrected chi connectivity index (χ2v) is 6.48. The van der Waals surface area contributed by atoms with Gasteiger partial charge in [0.25, 0.3) is 0 Å². The van der Waals surface area contributed by atoms with Crippen LogP contribution in [0, 0.1) is 11.7 Å². The number of aromatic nitrogens is 1. The molecular weight excluding hydrogens is 339 g/mol. The average Bonchev–Trinajstić information content (AvgIpc) is 3.05. The van der Waals surface area contributed by atoms with E-state index in [0.29, 0.717) is 23.8 Å². The minimum absolute atomic E-state index is 0.0884. The van der Waals surface area contributed by atoms with E-state index in [0.717, 1.165) is 0 Å². The third-order valence-corrected chi connectivity index (χ3v) is 3.78. The maximum Gasteiger partial charge on any atom is 0.305 e. The zero-order valence-corrected chi connectivity index (χ0v) is 14.9. The van der Waals surface area contributed by atoms with Crippen LogP contribution in [0.2, 0.25) is 0 Å². The number of hydrogen-bond acceptors (Lipinski definition) is 4. The highest BCUT2D eigenvalue weighted by molar-refractivity contribution is 5.77. The van der Waals surface area contributed by atoms with Gasteiger partial charge >= 0.3 is 5.97 Å². The van der Waals surface area contributed by atoms with Crippen molar-refractivity contribution < 1.29 is 23.5 Å². The molecule has 1 N–H and O–H groups in total. The van der Waals surface area contributed by atoms with Crippen LogP contribution < -0.4 is 0 Å². The average molecular weight is 362 g/mol. The smallest absolute Gasteiger partial charge is 0.305 e. The van der Waals surface area contributed by atoms with E-state index in [-0.39, 0.29) is 37.6 Å². The van der Waals surface area contributed by atoms with Gasteiger partial charge in [-0.1, -0.05) is 26.0 Å². The van der Waals surface area contributed by atoms with Crippen LogP contribution >= 0.6 is 0 Å². The number of amides is 1. The second kappa shape index (κ2) is 9.12. The normalized spacial score (nSPS) is 10.9. The molecule has 0 bridgehead atoms. The van der Waals surface area contributed by atoms with Gasteiger partial charge in [-0.2, -0.15) is 0 Å². The van der Waals surface area contributed by atoms with Gasteiger partial charge < -0.3 is 14.4 Å². The van der Waals surface area contributed by atoms with Crippen molar-refractivity contribution in [2.75, 3.05) is 13.1 Å². The van der Waals surface area contributed by atoms with E-state index >= 15 is 0 Å². The summed E-state index contributed by atoms with van der Waals surface area (Å²) in [7, 11) is 0. The Kier molecular flexibility index (Phi) is 6.89. The minimum atomic E-state index is -0.936. The van der Waals surface area contributed by atoms with Crippen molar-refractivity contribution >= 4 is 11.9 Å². The lowest BCUT2D eigenvalue weighted by Crippen LogP contribution is -2.36. The molecule has 2 aromatic rings. The van der Waals surface area contributed by atoms with Gasteiger partial charge in [0.1, 0.15) is 5.82 Å². The van der Waals surface area contributed by atoms with Gasteiger partial charge in [0.2, 0.25) is 5.91 Å². The molecule has 0 aliphatic carbocycles. The lowest BCUT2D eigenvalue weighted by atomic mass is 10.1. The first-order valence-electron chi connectivity index (χ1n) is 8.56. The minimum Gasteiger partial charge on any atom is -0.481 e. The zero-order chi connectivity index (χ0) is 19.1. The molecule has 1 aromatic heterocycles. The number of carbonyl (C=O) groups excluding carboxylic acids is 1. The Bertz CT molecular complexity index is 758. The van der Waals surface area contributed by atoms with Gasteiger partial charge in [-0.25, -0.2) is 9.37 Å². The molecule has 1 aromatic carbocycles. The molecule has 1 amide bonds. The lowest BCUT2D eigenvalue weighted by Gasteiger charge is -2.23. The van der Waals surface area contributed by atoms with Crippen LogP contribution in [0.25, 0.3) is 11.3 Å². The topological polar surface area (TPSA) is 83.6 Å². The van der Waals surface area contributed by atoms with E-state index in [9.17, 15) is 14.0 Å². The zero-order valence-electron chi connectivity index (χ0n) is 14.9. The van der Waals surface area contributed by atoms with Gasteiger partial charge in [-0.3, -0.25) is 9.59 Å². The van der Waals surface area contributed by atoms with Crippen molar-refractivity contribution in [3.05, 3.63) is 42.2 Å². The number of hydrogen-bond donors (Lipinski definition) is 1. The van der Waals surface area contributed by atoms with Crippen LogP contribution in [-0.4, -0.2) is 40.0 Å². The Morgan fingerprint density at radius 1 is 1.27 bits per heavy atom. The number of carboxylic acid groups (broad SMARTS) is 1. The van der Waals surface area contributed by atoms with Gasteiger partial charge in [-0.05, 0) is 18.1 Å². The number of oxazole rings is 1. The molecule has 0 aliphatic rings. The number of halogens is 1. The number of benzene rings is 1. The van der Waals surface area contributed by atoms with Crippen LogP contribution in [0.1, 0.15) is 32.6 Å². The molecule has 0 radical (unpaired) electrons. The van der Waals surface area contributed by atoms with Crippen LogP contribution in [-0.2, 0) is 16.0 Å². The van der Waals surface area contributed by atoms with Gasteiger partial charge in [0.05, 0.1) is 18.2 Å². The molecule has 0 unspecified atom stereocenters. The Balaban J connectivity index is 1.97. The summed E-state index contributed by atoms with van der Waals surface area (Å²) in [5, 5.41) is 8.83. The second-order valence-electron chi connectivity index (χ2n) is 6.48. The van der Waals surface area contributed by atoms with Crippen LogP contribution in [0.4, 0.5) is 4.39 Å². The van der Waals surface area contributed by atoms with E-state index < -0.39 is 11.8 Å². The number of carbonyl (C=O) groups is 2. The fourth-order valence-electron chi connectivity index (χ4n) is 2.57. The maximum absolute atomic E-state index is 13.8. The molecule has 0 saturated heterocycles. The summed E-state index contributed by atoms with van der Waals surface area (Å²) in [6, 6.07) is 6.24. The predicted molar refractivity (Wildman–Crippen MR) is 93.9 cm³/mol. The quantitative estimate of drug-likeness (QED) is 0.739. The monoisotopic (exact) mass is 362 g/mol. The first-order chi connectivity index (χ1) is 12.4. The predicted octanol–water partition coefficient (Wildman–Crippen LogP) is 3.37. The molecule has 1 heterocycles. The molecule has 140 valence electrons. The molecule has 6 nitrogen and oxygen atoms in total. The molecule has 26 heavy (non-hydrogen) atoms. The van der Waals surface area contributed by atoms with Crippen molar-refractivity contribution in [3.8, 4) is 11.3 Å². The van der Waals surface area contributed by atoms with Crippen molar-refractivity contribution in [2.45, 2.75) is 33.1 Å². The molecule has 0 spiro atoms. The van der Waals surface area contributed by atoms with Crippen LogP contribution in [0.5, 0.6) is 0 Å². The van der Waals surface area contributed by atoms with Crippen LogP contribution in [0.15, 0.2) is 34.9 Å². The van der Waals surface area contributed by atoms with E-state index in [1.165, 1.54) is 12.3 Å². The molecule has 2 rings (SSSR count). The van der Waals surface area contributed by atoms with Crippen molar-refractivity contribution in [1.29, 1.82) is 0 Å². The van der Waals surface area contributed by atoms with Crippen molar-refractivity contribution in [2.24, 2.45) is 5.92 Å². The Morgan fingerprint density at radius 3 is 2.65 bits per heavy atom. The largest absolute Gasteiger partial charge is 0.481 e. The van der Waals surface area contributed by atoms with E-state index in [2.05, 4.69) is 4.98 Å². The Hall–Kier alpha value is -2.70. The van der Waals surface area contributed by atoms with E-state index in [4.69, 9.17) is 9.52 Å². The molecular formula is C19H23FN2O4. The molecule has 0 saturated carbocycles. The first-order valence-corrected chi connectivity index (χ1v) is 8.56. The third kappa shape index (κ3) is 5.68. The SMILES string of the molecule is CC(C)CN(CCC(=O)O)C(=O)CCc1ncc(-c2ccccc2F)o1. The summed E-state index contributed by atoms with van der Waals surface area (Å²) in [5.41, 5.74) is 0.320. The first kappa shape index (κ1) is 19.6. The summed E-state index contributed by atoms with van der Waals surface area (Å²) in [6.45, 7) is 4.61. The molecule has 0 fully saturated rings. The summed E-state index contributed by atoms with van der Waals surface area (Å²) >= 11 is 0. The highest BCUT2D eigenvalue weighted by atomic mass is 19.1. The van der Waals surface area contributed by atoms with E-state index in [1.54, 1.807) is 23.1 Å². The van der Waals surface area contributed by atoms with Crippen LogP contribution in [0.3, 0.4) is 0 Å².